The molecule has 13 heavy (non-hydrogen) atoms. The van der Waals surface area contributed by atoms with Crippen molar-refractivity contribution < 1.29 is 17.9 Å². The fourth-order valence-electron chi connectivity index (χ4n) is 1.19. The Morgan fingerprint density at radius 1 is 1.00 bits per heavy atom. The van der Waals surface area contributed by atoms with E-state index in [9.17, 15) is 8.42 Å². The summed E-state index contributed by atoms with van der Waals surface area (Å²) in [6.45, 7) is 1.47. The van der Waals surface area contributed by atoms with Crippen LogP contribution in [-0.4, -0.2) is 45.3 Å². The molecule has 2 rings (SSSR count). The van der Waals surface area contributed by atoms with E-state index in [2.05, 4.69) is 0 Å². The molecule has 0 aromatic carbocycles. The third kappa shape index (κ3) is 3.62. The minimum absolute atomic E-state index is 0.215. The van der Waals surface area contributed by atoms with Crippen LogP contribution < -0.4 is 0 Å². The summed E-state index contributed by atoms with van der Waals surface area (Å²) in [6, 6.07) is 0. The Balaban J connectivity index is 1.66. The molecule has 0 aliphatic carbocycles. The molecule has 0 spiro atoms. The standard InChI is InChI=1S/C8H14O4S/c9-13(10,3-1-7-5-11-7)4-2-8-6-12-8/h7-8H,1-6H2. The summed E-state index contributed by atoms with van der Waals surface area (Å²) >= 11 is 0. The summed E-state index contributed by atoms with van der Waals surface area (Å²) in [5.74, 6) is 0.536. The van der Waals surface area contributed by atoms with Crippen LogP contribution in [0.2, 0.25) is 0 Å². The van der Waals surface area contributed by atoms with E-state index in [0.29, 0.717) is 12.8 Å². The summed E-state index contributed by atoms with van der Waals surface area (Å²) in [5, 5.41) is 0. The van der Waals surface area contributed by atoms with Crippen molar-refractivity contribution in [3.63, 3.8) is 0 Å². The van der Waals surface area contributed by atoms with Gasteiger partial charge >= 0.3 is 0 Å². The Kier molecular flexibility index (Phi) is 2.58. The Bertz CT molecular complexity index is 242. The zero-order valence-electron chi connectivity index (χ0n) is 7.44. The van der Waals surface area contributed by atoms with Gasteiger partial charge in [0.2, 0.25) is 0 Å². The second kappa shape index (κ2) is 3.55. The van der Waals surface area contributed by atoms with Crippen molar-refractivity contribution >= 4 is 9.84 Å². The lowest BCUT2D eigenvalue weighted by atomic mass is 10.4. The zero-order valence-corrected chi connectivity index (χ0v) is 8.26. The van der Waals surface area contributed by atoms with Crippen molar-refractivity contribution in [1.29, 1.82) is 0 Å². The van der Waals surface area contributed by atoms with Crippen molar-refractivity contribution in [2.24, 2.45) is 0 Å². The molecule has 2 saturated heterocycles. The number of sulfone groups is 1. The summed E-state index contributed by atoms with van der Waals surface area (Å²) in [7, 11) is -2.85. The van der Waals surface area contributed by atoms with Gasteiger partial charge in [-0.15, -0.1) is 0 Å². The van der Waals surface area contributed by atoms with Crippen molar-refractivity contribution in [2.75, 3.05) is 24.7 Å². The predicted octanol–water partition coefficient (Wildman–Crippen LogP) is -0.0210. The van der Waals surface area contributed by atoms with Crippen molar-refractivity contribution in [2.45, 2.75) is 25.0 Å². The van der Waals surface area contributed by atoms with Crippen LogP contribution in [0.1, 0.15) is 12.8 Å². The largest absolute Gasteiger partial charge is 0.373 e. The van der Waals surface area contributed by atoms with Gasteiger partial charge in [-0.25, -0.2) is 8.42 Å². The fourth-order valence-corrected chi connectivity index (χ4v) is 2.64. The molecule has 0 bridgehead atoms. The maximum atomic E-state index is 11.4. The molecule has 2 unspecified atom stereocenters. The first kappa shape index (κ1) is 9.43. The van der Waals surface area contributed by atoms with Gasteiger partial charge in [0.15, 0.2) is 9.84 Å². The summed E-state index contributed by atoms with van der Waals surface area (Å²) in [4.78, 5) is 0. The van der Waals surface area contributed by atoms with Crippen LogP contribution in [0.3, 0.4) is 0 Å². The van der Waals surface area contributed by atoms with Gasteiger partial charge < -0.3 is 9.47 Å². The molecule has 0 N–H and O–H groups in total. The smallest absolute Gasteiger partial charge is 0.150 e. The molecule has 0 radical (unpaired) electrons. The third-order valence-electron chi connectivity index (χ3n) is 2.31. The average molecular weight is 206 g/mol. The SMILES string of the molecule is O=S(=O)(CCC1CO1)CCC1CO1. The Morgan fingerprint density at radius 2 is 1.38 bits per heavy atom. The van der Waals surface area contributed by atoms with Gasteiger partial charge in [-0.05, 0) is 12.8 Å². The van der Waals surface area contributed by atoms with Crippen LogP contribution in [-0.2, 0) is 19.3 Å². The fraction of sp³-hybridized carbons (Fsp3) is 1.00. The highest BCUT2D eigenvalue weighted by Gasteiger charge is 2.27. The van der Waals surface area contributed by atoms with Gasteiger partial charge in [0.1, 0.15) is 0 Å². The Labute approximate surface area is 78.1 Å². The molecular formula is C8H14O4S. The van der Waals surface area contributed by atoms with E-state index in [1.54, 1.807) is 0 Å². The van der Waals surface area contributed by atoms with Gasteiger partial charge in [0, 0.05) is 0 Å². The van der Waals surface area contributed by atoms with Gasteiger partial charge in [-0.1, -0.05) is 0 Å². The molecule has 5 heteroatoms. The molecule has 2 aliphatic rings. The molecular weight excluding hydrogens is 192 g/mol. The quantitative estimate of drug-likeness (QED) is 0.573. The molecule has 0 amide bonds. The summed E-state index contributed by atoms with van der Waals surface area (Å²) in [5.41, 5.74) is 0. The second-order valence-corrected chi connectivity index (χ2v) is 5.94. The Morgan fingerprint density at radius 3 is 1.69 bits per heavy atom. The number of ether oxygens (including phenoxy) is 2. The van der Waals surface area contributed by atoms with E-state index < -0.39 is 9.84 Å². The topological polar surface area (TPSA) is 59.2 Å². The van der Waals surface area contributed by atoms with E-state index in [1.807, 2.05) is 0 Å². The van der Waals surface area contributed by atoms with Gasteiger partial charge in [-0.3, -0.25) is 0 Å². The average Bonchev–Trinajstić information content (AvgIpc) is 2.92. The molecule has 2 heterocycles. The number of hydrogen-bond donors (Lipinski definition) is 0. The first-order valence-corrected chi connectivity index (χ1v) is 6.41. The molecule has 76 valence electrons. The zero-order chi connectivity index (χ0) is 9.31. The maximum absolute atomic E-state index is 11.4. The molecule has 2 fully saturated rings. The van der Waals surface area contributed by atoms with Gasteiger partial charge in [0.25, 0.3) is 0 Å². The molecule has 0 aromatic rings. The third-order valence-corrected chi connectivity index (χ3v) is 4.02. The highest BCUT2D eigenvalue weighted by atomic mass is 32.2. The highest BCUT2D eigenvalue weighted by molar-refractivity contribution is 7.91. The second-order valence-electron chi connectivity index (χ2n) is 3.64. The molecule has 2 atom stereocenters. The Hall–Kier alpha value is -0.130. The van der Waals surface area contributed by atoms with E-state index in [4.69, 9.17) is 9.47 Å². The first-order chi connectivity index (χ1) is 6.16. The normalized spacial score (nSPS) is 31.7. The van der Waals surface area contributed by atoms with Crippen LogP contribution in [0.5, 0.6) is 0 Å². The summed E-state index contributed by atoms with van der Waals surface area (Å²) < 4.78 is 32.7. The van der Waals surface area contributed by atoms with Crippen LogP contribution in [0.4, 0.5) is 0 Å². The van der Waals surface area contributed by atoms with E-state index >= 15 is 0 Å². The lowest BCUT2D eigenvalue weighted by molar-refractivity contribution is 0.400. The highest BCUT2D eigenvalue weighted by Crippen LogP contribution is 2.17. The van der Waals surface area contributed by atoms with Crippen LogP contribution in [0, 0.1) is 0 Å². The molecule has 2 aliphatic heterocycles. The lowest BCUT2D eigenvalue weighted by Crippen LogP contribution is -2.14. The van der Waals surface area contributed by atoms with Gasteiger partial charge in [-0.2, -0.15) is 0 Å². The molecule has 4 nitrogen and oxygen atoms in total. The molecule has 0 saturated carbocycles. The number of hydrogen-bond acceptors (Lipinski definition) is 4. The van der Waals surface area contributed by atoms with Crippen molar-refractivity contribution in [3.05, 3.63) is 0 Å². The van der Waals surface area contributed by atoms with Crippen LogP contribution >= 0.6 is 0 Å². The lowest BCUT2D eigenvalue weighted by Gasteiger charge is -2.00. The van der Waals surface area contributed by atoms with Crippen LogP contribution in [0.25, 0.3) is 0 Å². The first-order valence-electron chi connectivity index (χ1n) is 4.59. The maximum Gasteiger partial charge on any atom is 0.150 e. The van der Waals surface area contributed by atoms with E-state index in [1.165, 1.54) is 0 Å². The van der Waals surface area contributed by atoms with E-state index in [0.717, 1.165) is 13.2 Å². The predicted molar refractivity (Wildman–Crippen MR) is 47.4 cm³/mol. The van der Waals surface area contributed by atoms with Crippen molar-refractivity contribution in [1.82, 2.24) is 0 Å². The summed E-state index contributed by atoms with van der Waals surface area (Å²) in [6.07, 6.45) is 1.75. The van der Waals surface area contributed by atoms with Crippen molar-refractivity contribution in [3.8, 4) is 0 Å². The van der Waals surface area contributed by atoms with Gasteiger partial charge in [0.05, 0.1) is 36.9 Å². The minimum atomic E-state index is -2.85. The minimum Gasteiger partial charge on any atom is -0.373 e. The molecule has 0 aromatic heterocycles. The van der Waals surface area contributed by atoms with E-state index in [-0.39, 0.29) is 23.7 Å². The number of epoxide rings is 2. The van der Waals surface area contributed by atoms with Crippen LogP contribution in [0.15, 0.2) is 0 Å². The number of rotatable bonds is 6. The monoisotopic (exact) mass is 206 g/mol.